The summed E-state index contributed by atoms with van der Waals surface area (Å²) < 4.78 is 0. The maximum absolute atomic E-state index is 9.21. The van der Waals surface area contributed by atoms with Crippen LogP contribution in [0.2, 0.25) is 0 Å². The molecule has 0 aromatic heterocycles. The maximum atomic E-state index is 9.21. The predicted molar refractivity (Wildman–Crippen MR) is 72.1 cm³/mol. The van der Waals surface area contributed by atoms with Crippen LogP contribution in [-0.4, -0.2) is 34.2 Å². The van der Waals surface area contributed by atoms with Crippen molar-refractivity contribution in [1.82, 2.24) is 4.90 Å². The van der Waals surface area contributed by atoms with E-state index in [1.807, 2.05) is 6.92 Å². The Kier molecular flexibility index (Phi) is 4.87. The van der Waals surface area contributed by atoms with Crippen LogP contribution in [0.3, 0.4) is 0 Å². The molecule has 1 N–H and O–H groups in total. The molecule has 0 radical (unpaired) electrons. The Morgan fingerprint density at radius 3 is 2.65 bits per heavy atom. The van der Waals surface area contributed by atoms with Crippen molar-refractivity contribution in [3.8, 4) is 0 Å². The second-order valence-corrected chi connectivity index (χ2v) is 6.25. The Morgan fingerprint density at radius 1 is 1.12 bits per heavy atom. The minimum Gasteiger partial charge on any atom is -0.393 e. The van der Waals surface area contributed by atoms with Gasteiger partial charge in [-0.1, -0.05) is 19.3 Å². The van der Waals surface area contributed by atoms with E-state index in [0.29, 0.717) is 0 Å². The van der Waals surface area contributed by atoms with Gasteiger partial charge >= 0.3 is 0 Å². The minimum absolute atomic E-state index is 0.107. The number of unbranched alkanes of at least 4 members (excludes halogenated alkanes) is 2. The van der Waals surface area contributed by atoms with Crippen molar-refractivity contribution in [2.24, 2.45) is 0 Å². The Morgan fingerprint density at radius 2 is 1.88 bits per heavy atom. The first kappa shape index (κ1) is 13.4. The molecule has 0 aromatic carbocycles. The Balaban J connectivity index is 1.63. The number of fused-ring (bicyclic) bond motifs is 1. The molecule has 2 saturated heterocycles. The molecule has 0 amide bonds. The van der Waals surface area contributed by atoms with Crippen LogP contribution < -0.4 is 0 Å². The molecule has 2 heterocycles. The molecule has 0 spiro atoms. The SMILES string of the molecule is CC(O)CCCCC[C@@H]1CC[C@H]2CC[C@H](C)N12. The van der Waals surface area contributed by atoms with Crippen LogP contribution in [0.25, 0.3) is 0 Å². The lowest BCUT2D eigenvalue weighted by atomic mass is 10.0. The average molecular weight is 239 g/mol. The number of aliphatic hydroxyl groups is 1. The quantitative estimate of drug-likeness (QED) is 0.719. The zero-order valence-electron chi connectivity index (χ0n) is 11.6. The van der Waals surface area contributed by atoms with Gasteiger partial charge in [-0.3, -0.25) is 4.90 Å². The van der Waals surface area contributed by atoms with Gasteiger partial charge in [0.2, 0.25) is 0 Å². The van der Waals surface area contributed by atoms with E-state index in [0.717, 1.165) is 24.5 Å². The van der Waals surface area contributed by atoms with Gasteiger partial charge in [-0.05, 0) is 52.4 Å². The summed E-state index contributed by atoms with van der Waals surface area (Å²) in [5.74, 6) is 0. The highest BCUT2D eigenvalue weighted by Gasteiger charge is 2.39. The summed E-state index contributed by atoms with van der Waals surface area (Å²) in [4.78, 5) is 2.81. The number of aliphatic hydroxyl groups excluding tert-OH is 1. The highest BCUT2D eigenvalue weighted by atomic mass is 16.3. The van der Waals surface area contributed by atoms with E-state index in [9.17, 15) is 5.11 Å². The second kappa shape index (κ2) is 6.19. The summed E-state index contributed by atoms with van der Waals surface area (Å²) in [6, 6.07) is 2.64. The van der Waals surface area contributed by atoms with Gasteiger partial charge in [0, 0.05) is 18.1 Å². The average Bonchev–Trinajstić information content (AvgIpc) is 2.82. The zero-order chi connectivity index (χ0) is 12.3. The van der Waals surface area contributed by atoms with Gasteiger partial charge in [-0.15, -0.1) is 0 Å². The smallest absolute Gasteiger partial charge is 0.0512 e. The van der Waals surface area contributed by atoms with Crippen LogP contribution in [0.15, 0.2) is 0 Å². The first-order valence-electron chi connectivity index (χ1n) is 7.64. The van der Waals surface area contributed by atoms with Crippen molar-refractivity contribution in [3.05, 3.63) is 0 Å². The van der Waals surface area contributed by atoms with E-state index in [1.165, 1.54) is 51.4 Å². The minimum atomic E-state index is -0.107. The number of hydrogen-bond acceptors (Lipinski definition) is 2. The molecule has 2 aliphatic rings. The topological polar surface area (TPSA) is 23.5 Å². The third-order valence-electron chi connectivity index (χ3n) is 4.76. The van der Waals surface area contributed by atoms with Crippen molar-refractivity contribution >= 4 is 0 Å². The predicted octanol–water partition coefficient (Wildman–Crippen LogP) is 3.33. The lowest BCUT2D eigenvalue weighted by Gasteiger charge is -2.28. The van der Waals surface area contributed by atoms with Crippen LogP contribution in [-0.2, 0) is 0 Å². The van der Waals surface area contributed by atoms with E-state index in [2.05, 4.69) is 11.8 Å². The summed E-state index contributed by atoms with van der Waals surface area (Å²) >= 11 is 0. The van der Waals surface area contributed by atoms with Gasteiger partial charge in [-0.25, -0.2) is 0 Å². The summed E-state index contributed by atoms with van der Waals surface area (Å²) in [7, 11) is 0. The van der Waals surface area contributed by atoms with Crippen LogP contribution in [0.1, 0.15) is 71.6 Å². The lowest BCUT2D eigenvalue weighted by Crippen LogP contribution is -2.36. The fraction of sp³-hybridized carbons (Fsp3) is 1.00. The molecule has 0 aromatic rings. The van der Waals surface area contributed by atoms with Gasteiger partial charge in [0.05, 0.1) is 6.10 Å². The van der Waals surface area contributed by atoms with Crippen LogP contribution in [0.5, 0.6) is 0 Å². The highest BCUT2D eigenvalue weighted by molar-refractivity contribution is 4.95. The number of hydrogen-bond donors (Lipinski definition) is 1. The van der Waals surface area contributed by atoms with Crippen molar-refractivity contribution in [3.63, 3.8) is 0 Å². The fourth-order valence-corrected chi connectivity index (χ4v) is 3.87. The molecule has 2 aliphatic heterocycles. The molecule has 0 bridgehead atoms. The van der Waals surface area contributed by atoms with E-state index in [1.54, 1.807) is 0 Å². The molecule has 2 heteroatoms. The van der Waals surface area contributed by atoms with Gasteiger partial charge in [0.1, 0.15) is 0 Å². The molecular weight excluding hydrogens is 210 g/mol. The highest BCUT2D eigenvalue weighted by Crippen LogP contribution is 2.38. The summed E-state index contributed by atoms with van der Waals surface area (Å²) in [5.41, 5.74) is 0. The number of nitrogens with zero attached hydrogens (tertiary/aromatic N) is 1. The second-order valence-electron chi connectivity index (χ2n) is 6.25. The molecule has 100 valence electrons. The van der Waals surface area contributed by atoms with Crippen LogP contribution in [0.4, 0.5) is 0 Å². The lowest BCUT2D eigenvalue weighted by molar-refractivity contribution is 0.173. The van der Waals surface area contributed by atoms with Crippen molar-refractivity contribution in [2.75, 3.05) is 0 Å². The van der Waals surface area contributed by atoms with Crippen molar-refractivity contribution in [2.45, 2.75) is 95.9 Å². The molecule has 0 aliphatic carbocycles. The van der Waals surface area contributed by atoms with E-state index < -0.39 is 0 Å². The van der Waals surface area contributed by atoms with Crippen molar-refractivity contribution in [1.29, 1.82) is 0 Å². The molecule has 1 unspecified atom stereocenters. The summed E-state index contributed by atoms with van der Waals surface area (Å²) in [5, 5.41) is 9.21. The molecule has 2 fully saturated rings. The maximum Gasteiger partial charge on any atom is 0.0512 e. The van der Waals surface area contributed by atoms with Gasteiger partial charge in [0.25, 0.3) is 0 Å². The number of rotatable bonds is 6. The molecular formula is C15H29NO. The molecule has 2 nitrogen and oxygen atoms in total. The Labute approximate surface area is 106 Å². The molecule has 4 atom stereocenters. The standard InChI is InChI=1S/C15H29NO/c1-12-8-9-15-11-10-14(16(12)15)7-5-3-4-6-13(2)17/h12-15,17H,3-11H2,1-2H3/t12-,13?,14+,15+/m0/s1. The largest absolute Gasteiger partial charge is 0.393 e. The molecule has 2 rings (SSSR count). The van der Waals surface area contributed by atoms with E-state index in [-0.39, 0.29) is 6.10 Å². The summed E-state index contributed by atoms with van der Waals surface area (Å²) in [6.07, 6.45) is 11.9. The van der Waals surface area contributed by atoms with Crippen LogP contribution >= 0.6 is 0 Å². The van der Waals surface area contributed by atoms with E-state index in [4.69, 9.17) is 0 Å². The first-order valence-corrected chi connectivity index (χ1v) is 7.64. The van der Waals surface area contributed by atoms with Gasteiger partial charge < -0.3 is 5.11 Å². The van der Waals surface area contributed by atoms with E-state index >= 15 is 0 Å². The van der Waals surface area contributed by atoms with Crippen LogP contribution in [0, 0.1) is 0 Å². The Bertz CT molecular complexity index is 229. The van der Waals surface area contributed by atoms with Crippen molar-refractivity contribution < 1.29 is 5.11 Å². The molecule has 17 heavy (non-hydrogen) atoms. The third-order valence-corrected chi connectivity index (χ3v) is 4.76. The Hall–Kier alpha value is -0.0800. The van der Waals surface area contributed by atoms with Gasteiger partial charge in [-0.2, -0.15) is 0 Å². The third kappa shape index (κ3) is 3.45. The monoisotopic (exact) mass is 239 g/mol. The normalized spacial score (nSPS) is 35.1. The first-order chi connectivity index (χ1) is 8.18. The molecule has 0 saturated carbocycles. The zero-order valence-corrected chi connectivity index (χ0v) is 11.6. The summed E-state index contributed by atoms with van der Waals surface area (Å²) in [6.45, 7) is 4.30. The van der Waals surface area contributed by atoms with Gasteiger partial charge in [0.15, 0.2) is 0 Å². The fourth-order valence-electron chi connectivity index (χ4n) is 3.87.